The molecule has 14 heavy (non-hydrogen) atoms. The molecule has 1 fully saturated rings. The van der Waals surface area contributed by atoms with Crippen LogP contribution < -0.4 is 5.32 Å². The van der Waals surface area contributed by atoms with Crippen molar-refractivity contribution in [1.82, 2.24) is 5.32 Å². The van der Waals surface area contributed by atoms with Gasteiger partial charge >= 0.3 is 0 Å². The first-order valence-electron chi connectivity index (χ1n) is 5.05. The monoisotopic (exact) mass is 263 g/mol. The highest BCUT2D eigenvalue weighted by atomic mass is 79.9. The van der Waals surface area contributed by atoms with E-state index in [9.17, 15) is 4.79 Å². The highest BCUT2D eigenvalue weighted by molar-refractivity contribution is 9.10. The number of rotatable bonds is 3. The minimum atomic E-state index is -0.470. The van der Waals surface area contributed by atoms with Gasteiger partial charge in [-0.15, -0.1) is 0 Å². The molecule has 0 bridgehead atoms. The first-order chi connectivity index (χ1) is 6.50. The summed E-state index contributed by atoms with van der Waals surface area (Å²) < 4.78 is 4.87. The minimum Gasteiger partial charge on any atom is -0.381 e. The molecular weight excluding hydrogens is 246 g/mol. The molecule has 82 valence electrons. The predicted molar refractivity (Wildman–Crippen MR) is 59.6 cm³/mol. The molecule has 1 heterocycles. The van der Waals surface area contributed by atoms with Gasteiger partial charge in [0.2, 0.25) is 5.91 Å². The largest absolute Gasteiger partial charge is 0.381 e. The number of amides is 1. The van der Waals surface area contributed by atoms with E-state index < -0.39 is 4.32 Å². The normalized spacial score (nSPS) is 23.2. The standard InChI is InChI=1S/C10H18BrNO2/c1-10(2,11)9(13)12-6-8-4-3-5-14-7-8/h8H,3-7H2,1-2H3,(H,12,13). The summed E-state index contributed by atoms with van der Waals surface area (Å²) in [4.78, 5) is 11.5. The van der Waals surface area contributed by atoms with E-state index in [4.69, 9.17) is 4.74 Å². The van der Waals surface area contributed by atoms with Gasteiger partial charge in [-0.3, -0.25) is 4.79 Å². The third-order valence-electron chi connectivity index (χ3n) is 2.35. The highest BCUT2D eigenvalue weighted by Gasteiger charge is 2.24. The summed E-state index contributed by atoms with van der Waals surface area (Å²) >= 11 is 3.33. The molecule has 1 atom stereocenters. The molecule has 0 saturated carbocycles. The molecule has 0 aromatic carbocycles. The van der Waals surface area contributed by atoms with Crippen molar-refractivity contribution in [2.75, 3.05) is 19.8 Å². The Morgan fingerprint density at radius 1 is 1.64 bits per heavy atom. The van der Waals surface area contributed by atoms with Gasteiger partial charge in [-0.05, 0) is 32.6 Å². The summed E-state index contributed by atoms with van der Waals surface area (Å²) in [5, 5.41) is 2.93. The predicted octanol–water partition coefficient (Wildman–Crippen LogP) is 1.70. The van der Waals surface area contributed by atoms with Gasteiger partial charge in [0.25, 0.3) is 0 Å². The Morgan fingerprint density at radius 2 is 2.36 bits per heavy atom. The molecule has 0 aromatic heterocycles. The number of nitrogens with one attached hydrogen (secondary N) is 1. The second-order valence-electron chi connectivity index (χ2n) is 4.27. The quantitative estimate of drug-likeness (QED) is 0.788. The lowest BCUT2D eigenvalue weighted by molar-refractivity contribution is -0.122. The van der Waals surface area contributed by atoms with Crippen LogP contribution in [-0.2, 0) is 9.53 Å². The van der Waals surface area contributed by atoms with Crippen molar-refractivity contribution >= 4 is 21.8 Å². The zero-order chi connectivity index (χ0) is 10.6. The second-order valence-corrected chi connectivity index (χ2v) is 6.25. The summed E-state index contributed by atoms with van der Waals surface area (Å²) in [5.41, 5.74) is 0. The molecule has 1 rings (SSSR count). The fourth-order valence-electron chi connectivity index (χ4n) is 1.42. The zero-order valence-electron chi connectivity index (χ0n) is 8.81. The molecule has 3 nitrogen and oxygen atoms in total. The van der Waals surface area contributed by atoms with Crippen molar-refractivity contribution < 1.29 is 9.53 Å². The SMILES string of the molecule is CC(C)(Br)C(=O)NCC1CCCOC1. The van der Waals surface area contributed by atoms with Crippen molar-refractivity contribution in [2.45, 2.75) is 31.0 Å². The third-order valence-corrected chi connectivity index (χ3v) is 2.71. The Morgan fingerprint density at radius 3 is 2.86 bits per heavy atom. The number of ether oxygens (including phenoxy) is 1. The highest BCUT2D eigenvalue weighted by Crippen LogP contribution is 2.16. The number of carbonyl (C=O) groups is 1. The molecule has 4 heteroatoms. The second kappa shape index (κ2) is 5.12. The molecule has 1 saturated heterocycles. The first kappa shape index (κ1) is 12.0. The van der Waals surface area contributed by atoms with Crippen LogP contribution in [0.25, 0.3) is 0 Å². The molecule has 1 amide bonds. The van der Waals surface area contributed by atoms with Crippen LogP contribution in [0.3, 0.4) is 0 Å². The lowest BCUT2D eigenvalue weighted by Gasteiger charge is -2.24. The van der Waals surface area contributed by atoms with Crippen LogP contribution >= 0.6 is 15.9 Å². The van der Waals surface area contributed by atoms with Crippen molar-refractivity contribution in [3.63, 3.8) is 0 Å². The van der Waals surface area contributed by atoms with Gasteiger partial charge in [0.1, 0.15) is 0 Å². The van der Waals surface area contributed by atoms with Crippen LogP contribution in [0.2, 0.25) is 0 Å². The van der Waals surface area contributed by atoms with E-state index in [0.717, 1.165) is 32.6 Å². The van der Waals surface area contributed by atoms with Crippen LogP contribution in [0, 0.1) is 5.92 Å². The maximum absolute atomic E-state index is 11.5. The summed E-state index contributed by atoms with van der Waals surface area (Å²) in [7, 11) is 0. The Balaban J connectivity index is 2.22. The van der Waals surface area contributed by atoms with Gasteiger partial charge in [0.05, 0.1) is 10.9 Å². The molecule has 1 aliphatic rings. The fraction of sp³-hybridized carbons (Fsp3) is 0.900. The molecule has 0 aliphatic carbocycles. The van der Waals surface area contributed by atoms with Crippen LogP contribution in [0.1, 0.15) is 26.7 Å². The summed E-state index contributed by atoms with van der Waals surface area (Å²) in [5.74, 6) is 0.533. The van der Waals surface area contributed by atoms with E-state index >= 15 is 0 Å². The van der Waals surface area contributed by atoms with Crippen molar-refractivity contribution in [3.05, 3.63) is 0 Å². The van der Waals surface area contributed by atoms with E-state index in [-0.39, 0.29) is 5.91 Å². The van der Waals surface area contributed by atoms with E-state index in [2.05, 4.69) is 21.2 Å². The van der Waals surface area contributed by atoms with Gasteiger partial charge in [0.15, 0.2) is 0 Å². The fourth-order valence-corrected chi connectivity index (χ4v) is 1.56. The maximum Gasteiger partial charge on any atom is 0.236 e. The topological polar surface area (TPSA) is 38.3 Å². The van der Waals surface area contributed by atoms with Crippen molar-refractivity contribution in [3.8, 4) is 0 Å². The van der Waals surface area contributed by atoms with Crippen molar-refractivity contribution in [1.29, 1.82) is 0 Å². The first-order valence-corrected chi connectivity index (χ1v) is 5.84. The number of halogens is 1. The molecule has 0 aromatic rings. The van der Waals surface area contributed by atoms with Gasteiger partial charge in [-0.1, -0.05) is 15.9 Å². The number of carbonyl (C=O) groups excluding carboxylic acids is 1. The molecule has 1 N–H and O–H groups in total. The Hall–Kier alpha value is -0.0900. The van der Waals surface area contributed by atoms with E-state index in [1.54, 1.807) is 0 Å². The van der Waals surface area contributed by atoms with Crippen LogP contribution in [0.4, 0.5) is 0 Å². The zero-order valence-corrected chi connectivity index (χ0v) is 10.4. The summed E-state index contributed by atoms with van der Waals surface area (Å²) in [6.07, 6.45) is 2.27. The van der Waals surface area contributed by atoms with Gasteiger partial charge in [-0.25, -0.2) is 0 Å². The Labute approximate surface area is 93.7 Å². The molecule has 0 radical (unpaired) electrons. The lowest BCUT2D eigenvalue weighted by Crippen LogP contribution is -2.41. The van der Waals surface area contributed by atoms with Crippen LogP contribution in [-0.4, -0.2) is 30.0 Å². The lowest BCUT2D eigenvalue weighted by atomic mass is 10.0. The maximum atomic E-state index is 11.5. The van der Waals surface area contributed by atoms with Gasteiger partial charge in [0, 0.05) is 13.2 Å². The molecular formula is C10H18BrNO2. The average Bonchev–Trinajstić information content (AvgIpc) is 2.14. The number of alkyl halides is 1. The van der Waals surface area contributed by atoms with Crippen LogP contribution in [0.5, 0.6) is 0 Å². The summed E-state index contributed by atoms with van der Waals surface area (Å²) in [6.45, 7) is 6.07. The minimum absolute atomic E-state index is 0.0445. The number of hydrogen-bond acceptors (Lipinski definition) is 2. The van der Waals surface area contributed by atoms with E-state index in [0.29, 0.717) is 5.92 Å². The Kier molecular flexibility index (Phi) is 4.38. The van der Waals surface area contributed by atoms with Crippen LogP contribution in [0.15, 0.2) is 0 Å². The Bertz CT molecular complexity index is 195. The third kappa shape index (κ3) is 3.96. The smallest absolute Gasteiger partial charge is 0.236 e. The van der Waals surface area contributed by atoms with Gasteiger partial charge in [-0.2, -0.15) is 0 Å². The molecule has 1 aliphatic heterocycles. The van der Waals surface area contributed by atoms with E-state index in [1.165, 1.54) is 0 Å². The summed E-state index contributed by atoms with van der Waals surface area (Å²) in [6, 6.07) is 0. The molecule has 0 spiro atoms. The molecule has 1 unspecified atom stereocenters. The van der Waals surface area contributed by atoms with Gasteiger partial charge < -0.3 is 10.1 Å². The number of hydrogen-bond donors (Lipinski definition) is 1. The van der Waals surface area contributed by atoms with E-state index in [1.807, 2.05) is 13.8 Å². The average molecular weight is 264 g/mol. The van der Waals surface area contributed by atoms with Crippen molar-refractivity contribution in [2.24, 2.45) is 5.92 Å².